The Bertz CT molecular complexity index is 955. The molecule has 9 heteroatoms. The van der Waals surface area contributed by atoms with Gasteiger partial charge in [-0.05, 0) is 63.7 Å². The number of halogens is 1. The van der Waals surface area contributed by atoms with E-state index in [1.165, 1.54) is 12.8 Å². The minimum atomic E-state index is -0.138. The predicted octanol–water partition coefficient (Wildman–Crippen LogP) is 2.14. The van der Waals surface area contributed by atoms with Crippen molar-refractivity contribution in [1.29, 1.82) is 0 Å². The van der Waals surface area contributed by atoms with Crippen LogP contribution in [0.3, 0.4) is 0 Å². The summed E-state index contributed by atoms with van der Waals surface area (Å²) in [4.78, 5) is 24.3. The summed E-state index contributed by atoms with van der Waals surface area (Å²) in [6, 6.07) is -0.0359. The highest BCUT2D eigenvalue weighted by Gasteiger charge is 2.49. The summed E-state index contributed by atoms with van der Waals surface area (Å²) in [6.07, 6.45) is 5.41. The maximum Gasteiger partial charge on any atom is 0.330 e. The van der Waals surface area contributed by atoms with Gasteiger partial charge < -0.3 is 9.47 Å². The third kappa shape index (κ3) is 2.61. The van der Waals surface area contributed by atoms with Crippen molar-refractivity contribution in [3.05, 3.63) is 15.8 Å². The second kappa shape index (κ2) is 6.71. The zero-order valence-corrected chi connectivity index (χ0v) is 17.1. The van der Waals surface area contributed by atoms with Crippen molar-refractivity contribution in [1.82, 2.24) is 24.0 Å². The number of fused-ring (bicyclic) bond motifs is 2. The first-order valence-corrected chi connectivity index (χ1v) is 10.5. The van der Waals surface area contributed by atoms with E-state index in [2.05, 4.69) is 21.8 Å². The molecular weight excluding hydrogens is 382 g/mol. The Labute approximate surface area is 168 Å². The Morgan fingerprint density at radius 2 is 2.04 bits per heavy atom. The van der Waals surface area contributed by atoms with Gasteiger partial charge in [0.25, 0.3) is 0 Å². The van der Waals surface area contributed by atoms with Crippen molar-refractivity contribution in [2.75, 3.05) is 26.3 Å². The molecule has 2 aromatic heterocycles. The van der Waals surface area contributed by atoms with Gasteiger partial charge in [-0.1, -0.05) is 0 Å². The van der Waals surface area contributed by atoms with Gasteiger partial charge in [0.2, 0.25) is 11.2 Å². The van der Waals surface area contributed by atoms with E-state index < -0.39 is 0 Å². The third-order valence-corrected chi connectivity index (χ3v) is 7.05. The van der Waals surface area contributed by atoms with Gasteiger partial charge in [-0.3, -0.25) is 14.0 Å². The van der Waals surface area contributed by atoms with Crippen LogP contribution in [0.25, 0.3) is 11.2 Å². The molecule has 3 saturated heterocycles. The molecule has 0 radical (unpaired) electrons. The third-order valence-electron chi connectivity index (χ3n) is 6.88. The fraction of sp³-hybridized carbons (Fsp3) is 0.737. The Morgan fingerprint density at radius 3 is 2.71 bits per heavy atom. The van der Waals surface area contributed by atoms with Crippen molar-refractivity contribution in [3.63, 3.8) is 0 Å². The molecule has 28 heavy (non-hydrogen) atoms. The second-order valence-corrected chi connectivity index (χ2v) is 8.59. The smallest absolute Gasteiger partial charge is 0.330 e. The van der Waals surface area contributed by atoms with Gasteiger partial charge in [0.05, 0.1) is 18.2 Å². The van der Waals surface area contributed by atoms with Crippen molar-refractivity contribution >= 4 is 22.8 Å². The van der Waals surface area contributed by atoms with E-state index >= 15 is 0 Å². The van der Waals surface area contributed by atoms with Gasteiger partial charge >= 0.3 is 5.69 Å². The van der Waals surface area contributed by atoms with Gasteiger partial charge in [0.15, 0.2) is 11.2 Å². The van der Waals surface area contributed by atoms with Crippen molar-refractivity contribution in [3.8, 4) is 5.88 Å². The number of rotatable bonds is 4. The average Bonchev–Trinajstić information content (AvgIpc) is 3.40. The molecule has 8 nitrogen and oxygen atoms in total. The lowest BCUT2D eigenvalue weighted by molar-refractivity contribution is 0.0445. The van der Waals surface area contributed by atoms with Crippen molar-refractivity contribution in [2.45, 2.75) is 56.7 Å². The molecule has 0 bridgehead atoms. The molecule has 0 N–H and O–H groups in total. The summed E-state index contributed by atoms with van der Waals surface area (Å²) in [6.45, 7) is 5.52. The highest BCUT2D eigenvalue weighted by atomic mass is 35.5. The second-order valence-electron chi connectivity index (χ2n) is 8.26. The van der Waals surface area contributed by atoms with Crippen LogP contribution in [0, 0.1) is 0 Å². The average molecular weight is 408 g/mol. The van der Waals surface area contributed by atoms with Crippen LogP contribution < -0.4 is 10.4 Å². The zero-order chi connectivity index (χ0) is 19.5. The topological polar surface area (TPSA) is 74.4 Å². The van der Waals surface area contributed by atoms with E-state index in [-0.39, 0.29) is 28.7 Å². The number of hydrogen-bond donors (Lipinski definition) is 0. The fourth-order valence-electron chi connectivity index (χ4n) is 5.44. The van der Waals surface area contributed by atoms with Gasteiger partial charge in [-0.2, -0.15) is 9.97 Å². The Morgan fingerprint density at radius 1 is 1.29 bits per heavy atom. The summed E-state index contributed by atoms with van der Waals surface area (Å²) < 4.78 is 15.2. The largest absolute Gasteiger partial charge is 0.471 e. The first kappa shape index (κ1) is 18.4. The van der Waals surface area contributed by atoms with Gasteiger partial charge in [-0.25, -0.2) is 4.79 Å². The Kier molecular flexibility index (Phi) is 4.41. The van der Waals surface area contributed by atoms with Gasteiger partial charge in [0, 0.05) is 13.7 Å². The first-order chi connectivity index (χ1) is 13.5. The van der Waals surface area contributed by atoms with E-state index in [0.29, 0.717) is 30.3 Å². The number of ether oxygens (including phenoxy) is 2. The predicted molar refractivity (Wildman–Crippen MR) is 105 cm³/mol. The quantitative estimate of drug-likeness (QED) is 0.723. The molecule has 3 fully saturated rings. The van der Waals surface area contributed by atoms with Crippen LogP contribution in [0.1, 0.15) is 45.1 Å². The molecule has 5 heterocycles. The number of aromatic nitrogens is 4. The fourth-order valence-corrected chi connectivity index (χ4v) is 5.59. The van der Waals surface area contributed by atoms with E-state index in [4.69, 9.17) is 21.1 Å². The van der Waals surface area contributed by atoms with E-state index in [0.717, 1.165) is 32.4 Å². The van der Waals surface area contributed by atoms with E-state index in [9.17, 15) is 4.79 Å². The summed E-state index contributed by atoms with van der Waals surface area (Å²) in [5.74, 6) is 0.396. The van der Waals surface area contributed by atoms with Crippen LogP contribution >= 0.6 is 11.6 Å². The van der Waals surface area contributed by atoms with E-state index in [1.807, 2.05) is 0 Å². The van der Waals surface area contributed by atoms with Crippen molar-refractivity contribution in [2.24, 2.45) is 7.05 Å². The minimum Gasteiger partial charge on any atom is -0.471 e. The highest BCUT2D eigenvalue weighted by Crippen LogP contribution is 2.43. The molecule has 3 aliphatic rings. The summed E-state index contributed by atoms with van der Waals surface area (Å²) in [7, 11) is 1.74. The van der Waals surface area contributed by atoms with Crippen LogP contribution in [0.2, 0.25) is 5.28 Å². The van der Waals surface area contributed by atoms with Crippen LogP contribution in [0.5, 0.6) is 5.88 Å². The molecule has 2 aromatic rings. The molecule has 0 unspecified atom stereocenters. The molecule has 0 amide bonds. The lowest BCUT2D eigenvalue weighted by Gasteiger charge is -2.37. The summed E-state index contributed by atoms with van der Waals surface area (Å²) >= 11 is 6.25. The molecule has 3 aliphatic heterocycles. The van der Waals surface area contributed by atoms with Gasteiger partial charge in [0.1, 0.15) is 6.10 Å². The van der Waals surface area contributed by atoms with Crippen LogP contribution in [-0.4, -0.2) is 61.9 Å². The monoisotopic (exact) mass is 407 g/mol. The molecule has 152 valence electrons. The highest BCUT2D eigenvalue weighted by molar-refractivity contribution is 6.28. The lowest BCUT2D eigenvalue weighted by atomic mass is 9.88. The first-order valence-electron chi connectivity index (χ1n) is 10.2. The van der Waals surface area contributed by atoms with Gasteiger partial charge in [-0.15, -0.1) is 0 Å². The number of imidazole rings is 1. The van der Waals surface area contributed by atoms with Crippen LogP contribution in [0.4, 0.5) is 0 Å². The molecule has 5 rings (SSSR count). The van der Waals surface area contributed by atoms with Crippen LogP contribution in [-0.2, 0) is 11.8 Å². The Hall–Kier alpha value is -1.64. The molecule has 0 saturated carbocycles. The Balaban J connectivity index is 1.58. The SMILES string of the molecule is C[C@H](Oc1nc(Cl)nc2c1n(C)c(=O)n2[C@@H]1CCOC1)C12CCCN1CCC2. The lowest BCUT2D eigenvalue weighted by Crippen LogP contribution is -2.50. The van der Waals surface area contributed by atoms with E-state index in [1.54, 1.807) is 16.2 Å². The molecule has 2 atom stereocenters. The summed E-state index contributed by atoms with van der Waals surface area (Å²) in [5.41, 5.74) is 1.05. The minimum absolute atomic E-state index is 0.0359. The number of nitrogens with zero attached hydrogens (tertiary/aromatic N) is 5. The van der Waals surface area contributed by atoms with Crippen molar-refractivity contribution < 1.29 is 9.47 Å². The number of hydrogen-bond acceptors (Lipinski definition) is 6. The standard InChI is InChI=1S/C19H26ClN5O3/c1-12(19-6-3-8-24(19)9-4-7-19)28-16-14-15(21-17(20)22-16)25(18(26)23(14)2)13-5-10-27-11-13/h12-13H,3-11H2,1-2H3/t12-,13+/m0/s1. The molecule has 0 aliphatic carbocycles. The maximum absolute atomic E-state index is 13.0. The normalized spacial score (nSPS) is 25.5. The number of aryl methyl sites for hydroxylation is 1. The summed E-state index contributed by atoms with van der Waals surface area (Å²) in [5, 5.41) is 0.0974. The molecule has 0 aromatic carbocycles. The van der Waals surface area contributed by atoms with Crippen LogP contribution in [0.15, 0.2) is 4.79 Å². The zero-order valence-electron chi connectivity index (χ0n) is 16.4. The molecular formula is C19H26ClN5O3. The molecule has 0 spiro atoms. The maximum atomic E-state index is 13.0.